The highest BCUT2D eigenvalue weighted by molar-refractivity contribution is 7.99. The van der Waals surface area contributed by atoms with Crippen LogP contribution in [-0.2, 0) is 16.6 Å². The summed E-state index contributed by atoms with van der Waals surface area (Å²) in [5.74, 6) is -0.950. The molecule has 10 heteroatoms. The molecule has 0 saturated carbocycles. The van der Waals surface area contributed by atoms with Crippen molar-refractivity contribution in [2.24, 2.45) is 4.40 Å². The monoisotopic (exact) mass is 578 g/mol. The van der Waals surface area contributed by atoms with Crippen LogP contribution in [0.3, 0.4) is 0 Å². The van der Waals surface area contributed by atoms with Crippen LogP contribution in [0.4, 0.5) is 17.6 Å². The maximum atomic E-state index is 14.4. The van der Waals surface area contributed by atoms with Crippen LogP contribution in [0.2, 0.25) is 10.0 Å². The lowest BCUT2D eigenvalue weighted by molar-refractivity contribution is -0.159. The molecule has 3 nitrogen and oxygen atoms in total. The molecule has 0 aromatic heterocycles. The number of alkyl halides is 3. The summed E-state index contributed by atoms with van der Waals surface area (Å²) >= 11 is 12.1. The van der Waals surface area contributed by atoms with Gasteiger partial charge in [-0.1, -0.05) is 53.5 Å². The molecule has 2 heterocycles. The Morgan fingerprint density at radius 1 is 1.00 bits per heavy atom. The summed E-state index contributed by atoms with van der Waals surface area (Å²) in [7, 11) is 0. The molecular formula is C28H20Cl2F4N2OS. The highest BCUT2D eigenvalue weighted by atomic mass is 35.5. The molecule has 3 aromatic carbocycles. The molecule has 2 aliphatic heterocycles. The van der Waals surface area contributed by atoms with Gasteiger partial charge in [0.15, 0.2) is 10.6 Å². The number of carbonyl (C=O) groups is 1. The van der Waals surface area contributed by atoms with Gasteiger partial charge in [-0.15, -0.1) is 0 Å². The number of nitrogens with zero attached hydrogens (tertiary/aromatic N) is 2. The molecule has 1 saturated heterocycles. The van der Waals surface area contributed by atoms with Crippen LogP contribution < -0.4 is 0 Å². The second-order valence-corrected chi connectivity index (χ2v) is 11.9. The Kier molecular flexibility index (Phi) is 6.09. The standard InChI is InChI=1S/C28H20Cl2F4N2OS/c29-21-11-19(12-22(30)24(21)31)27(28(32,33)34)13-23(35-38-27)18-6-7-20-17(10-18)8-9-26(20)14-36(15-26)25(37)16-4-2-1-3-5-16/h1-7,10-12H,8-9,13-15H2. The second kappa shape index (κ2) is 9.00. The third kappa shape index (κ3) is 3.95. The number of hydrogen-bond acceptors (Lipinski definition) is 3. The Labute approximate surface area is 231 Å². The second-order valence-electron chi connectivity index (χ2n) is 10.1. The lowest BCUT2D eigenvalue weighted by Crippen LogP contribution is -2.60. The van der Waals surface area contributed by atoms with Crippen LogP contribution in [-0.4, -0.2) is 35.8 Å². The first-order chi connectivity index (χ1) is 18.0. The van der Waals surface area contributed by atoms with Gasteiger partial charge < -0.3 is 4.90 Å². The van der Waals surface area contributed by atoms with Crippen molar-refractivity contribution in [3.05, 3.63) is 104 Å². The molecule has 0 radical (unpaired) electrons. The van der Waals surface area contributed by atoms with E-state index in [-0.39, 0.29) is 16.9 Å². The molecule has 3 aromatic rings. The summed E-state index contributed by atoms with van der Waals surface area (Å²) < 4.78 is 59.1. The lowest BCUT2D eigenvalue weighted by atomic mass is 9.74. The number of hydrogen-bond donors (Lipinski definition) is 0. The molecule has 196 valence electrons. The van der Waals surface area contributed by atoms with Crippen molar-refractivity contribution in [2.45, 2.75) is 35.6 Å². The van der Waals surface area contributed by atoms with E-state index in [2.05, 4.69) is 4.40 Å². The van der Waals surface area contributed by atoms with Gasteiger partial charge in [-0.25, -0.2) is 8.79 Å². The smallest absolute Gasteiger partial charge is 0.337 e. The van der Waals surface area contributed by atoms with Crippen LogP contribution in [0.1, 0.15) is 45.5 Å². The van der Waals surface area contributed by atoms with Crippen molar-refractivity contribution in [3.8, 4) is 0 Å². The van der Waals surface area contributed by atoms with Gasteiger partial charge in [-0.2, -0.15) is 13.2 Å². The van der Waals surface area contributed by atoms with Crippen molar-refractivity contribution in [1.29, 1.82) is 0 Å². The van der Waals surface area contributed by atoms with Gasteiger partial charge >= 0.3 is 6.18 Å². The van der Waals surface area contributed by atoms with Gasteiger partial charge in [0.05, 0.1) is 15.8 Å². The van der Waals surface area contributed by atoms with Crippen molar-refractivity contribution in [3.63, 3.8) is 0 Å². The predicted octanol–water partition coefficient (Wildman–Crippen LogP) is 7.77. The Balaban J connectivity index is 1.24. The molecule has 6 rings (SSSR count). The number of aryl methyl sites for hydroxylation is 1. The van der Waals surface area contributed by atoms with E-state index in [1.807, 2.05) is 41.3 Å². The number of fused-ring (bicyclic) bond motifs is 2. The highest BCUT2D eigenvalue weighted by Gasteiger charge is 2.60. The maximum Gasteiger partial charge on any atom is 0.409 e. The third-order valence-corrected chi connectivity index (χ3v) is 9.60. The quantitative estimate of drug-likeness (QED) is 0.181. The summed E-state index contributed by atoms with van der Waals surface area (Å²) in [5.41, 5.74) is 3.44. The van der Waals surface area contributed by atoms with Gasteiger partial charge in [0.2, 0.25) is 0 Å². The average molecular weight is 579 g/mol. The van der Waals surface area contributed by atoms with Crippen molar-refractivity contribution < 1.29 is 22.4 Å². The number of likely N-dealkylation sites (tertiary alicyclic amines) is 1. The molecule has 1 spiro atoms. The average Bonchev–Trinajstić information content (AvgIpc) is 3.49. The minimum absolute atomic E-state index is 0.00289. The number of carbonyl (C=O) groups excluding carboxylic acids is 1. The first kappa shape index (κ1) is 25.7. The Bertz CT molecular complexity index is 1460. The summed E-state index contributed by atoms with van der Waals surface area (Å²) in [6.45, 7) is 1.24. The number of amides is 1. The topological polar surface area (TPSA) is 32.7 Å². The van der Waals surface area contributed by atoms with Gasteiger partial charge in [0, 0.05) is 30.5 Å². The molecule has 1 fully saturated rings. The largest absolute Gasteiger partial charge is 0.409 e. The number of halogens is 6. The fraction of sp³-hybridized carbons (Fsp3) is 0.286. The molecule has 1 atom stereocenters. The van der Waals surface area contributed by atoms with Crippen LogP contribution in [0.25, 0.3) is 0 Å². The van der Waals surface area contributed by atoms with Gasteiger partial charge in [-0.3, -0.25) is 4.79 Å². The summed E-state index contributed by atoms with van der Waals surface area (Å²) in [6, 6.07) is 16.8. The molecule has 1 aliphatic carbocycles. The Hall–Kier alpha value is -2.55. The molecule has 0 bridgehead atoms. The Morgan fingerprint density at radius 2 is 1.68 bits per heavy atom. The van der Waals surface area contributed by atoms with Crippen LogP contribution in [0, 0.1) is 5.82 Å². The zero-order chi connectivity index (χ0) is 26.9. The summed E-state index contributed by atoms with van der Waals surface area (Å²) in [4.78, 5) is 14.6. The summed E-state index contributed by atoms with van der Waals surface area (Å²) in [5, 5.41) is -0.929. The third-order valence-electron chi connectivity index (χ3n) is 7.81. The molecule has 1 unspecified atom stereocenters. The van der Waals surface area contributed by atoms with E-state index in [9.17, 15) is 22.4 Å². The van der Waals surface area contributed by atoms with E-state index in [4.69, 9.17) is 23.2 Å². The van der Waals surface area contributed by atoms with Crippen LogP contribution >= 0.6 is 35.1 Å². The minimum atomic E-state index is -4.69. The first-order valence-electron chi connectivity index (χ1n) is 12.0. The number of benzene rings is 3. The van der Waals surface area contributed by atoms with E-state index in [1.165, 1.54) is 0 Å². The predicted molar refractivity (Wildman–Crippen MR) is 142 cm³/mol. The first-order valence-corrected chi connectivity index (χ1v) is 13.5. The van der Waals surface area contributed by atoms with Crippen LogP contribution in [0.15, 0.2) is 65.1 Å². The fourth-order valence-corrected chi connectivity index (χ4v) is 7.22. The fourth-order valence-electron chi connectivity index (χ4n) is 5.77. The van der Waals surface area contributed by atoms with Crippen molar-refractivity contribution >= 4 is 46.8 Å². The molecule has 0 N–H and O–H groups in total. The molecule has 1 amide bonds. The zero-order valence-electron chi connectivity index (χ0n) is 19.8. The highest BCUT2D eigenvalue weighted by Crippen LogP contribution is 2.57. The van der Waals surface area contributed by atoms with E-state index in [0.717, 1.165) is 36.1 Å². The van der Waals surface area contributed by atoms with Crippen molar-refractivity contribution in [2.75, 3.05) is 13.1 Å². The van der Waals surface area contributed by atoms with E-state index >= 15 is 0 Å². The normalized spacial score (nSPS) is 21.8. The zero-order valence-corrected chi connectivity index (χ0v) is 22.1. The van der Waals surface area contributed by atoms with E-state index < -0.39 is 33.2 Å². The minimum Gasteiger partial charge on any atom is -0.337 e. The Morgan fingerprint density at radius 3 is 2.34 bits per heavy atom. The van der Waals surface area contributed by atoms with Gasteiger partial charge in [-0.05, 0) is 77.4 Å². The van der Waals surface area contributed by atoms with Gasteiger partial charge in [0.25, 0.3) is 5.91 Å². The van der Waals surface area contributed by atoms with Gasteiger partial charge in [0.1, 0.15) is 0 Å². The SMILES string of the molecule is O=C(c1ccccc1)N1CC2(CCc3cc(C4=NSC(c5cc(Cl)c(F)c(Cl)c5)(C(F)(F)F)C4)ccc32)C1. The molecular weight excluding hydrogens is 559 g/mol. The lowest BCUT2D eigenvalue weighted by Gasteiger charge is -2.49. The van der Waals surface area contributed by atoms with Crippen LogP contribution in [0.5, 0.6) is 0 Å². The maximum absolute atomic E-state index is 14.4. The van der Waals surface area contributed by atoms with E-state index in [0.29, 0.717) is 41.9 Å². The van der Waals surface area contributed by atoms with E-state index in [1.54, 1.807) is 12.1 Å². The van der Waals surface area contributed by atoms with Crippen molar-refractivity contribution in [1.82, 2.24) is 4.90 Å². The number of rotatable bonds is 3. The summed E-state index contributed by atoms with van der Waals surface area (Å²) in [6.07, 6.45) is -3.45. The molecule has 3 aliphatic rings. The molecule has 38 heavy (non-hydrogen) atoms.